The maximum Gasteiger partial charge on any atom is 0.138 e. The third-order valence-electron chi connectivity index (χ3n) is 3.09. The molecule has 0 radical (unpaired) electrons. The summed E-state index contributed by atoms with van der Waals surface area (Å²) in [5.41, 5.74) is 1.05. The van der Waals surface area contributed by atoms with Gasteiger partial charge in [0.15, 0.2) is 0 Å². The van der Waals surface area contributed by atoms with Crippen molar-refractivity contribution >= 4 is 17.4 Å². The van der Waals surface area contributed by atoms with Gasteiger partial charge in [-0.1, -0.05) is 39.3 Å². The van der Waals surface area contributed by atoms with E-state index in [9.17, 15) is 0 Å². The number of rotatable bonds is 7. The van der Waals surface area contributed by atoms with Gasteiger partial charge in [-0.2, -0.15) is 0 Å². The average Bonchev–Trinajstić information content (AvgIpc) is 2.33. The Morgan fingerprint density at radius 2 is 1.75 bits per heavy atom. The van der Waals surface area contributed by atoms with E-state index >= 15 is 0 Å². The Hall–Kier alpha value is -0.870. The highest BCUT2D eigenvalue weighted by atomic mass is 35.5. The molecule has 114 valence electrons. The van der Waals surface area contributed by atoms with Crippen LogP contribution < -0.4 is 4.90 Å². The number of aromatic nitrogens is 2. The van der Waals surface area contributed by atoms with E-state index in [1.54, 1.807) is 6.33 Å². The number of halogens is 1. The molecule has 0 bridgehead atoms. The Kier molecular flexibility index (Phi) is 6.69. The maximum absolute atomic E-state index is 6.28. The van der Waals surface area contributed by atoms with Crippen molar-refractivity contribution in [2.24, 2.45) is 5.92 Å². The highest BCUT2D eigenvalue weighted by Crippen LogP contribution is 2.30. The molecule has 0 unspecified atom stereocenters. The second-order valence-corrected chi connectivity index (χ2v) is 6.56. The molecule has 0 saturated carbocycles. The predicted octanol–water partition coefficient (Wildman–Crippen LogP) is 3.28. The number of hydrogen-bond acceptors (Lipinski definition) is 4. The molecule has 0 atom stereocenters. The largest absolute Gasteiger partial charge is 0.355 e. The standard InChI is InChI=1S/C15H27ClN4/c1-11(2)9-20(8-7-19(5)6)15-13(12(3)4)14(16)17-10-18-15/h10-12H,7-9H2,1-6H3. The Morgan fingerprint density at radius 3 is 2.25 bits per heavy atom. The lowest BCUT2D eigenvalue weighted by atomic mass is 10.0. The molecule has 1 rings (SSSR count). The highest BCUT2D eigenvalue weighted by Gasteiger charge is 2.19. The van der Waals surface area contributed by atoms with E-state index in [-0.39, 0.29) is 0 Å². The van der Waals surface area contributed by atoms with Crippen molar-refractivity contribution in [3.8, 4) is 0 Å². The smallest absolute Gasteiger partial charge is 0.138 e. The molecule has 0 fully saturated rings. The van der Waals surface area contributed by atoms with Crippen molar-refractivity contribution in [3.63, 3.8) is 0 Å². The summed E-state index contributed by atoms with van der Waals surface area (Å²) in [4.78, 5) is 13.2. The Morgan fingerprint density at radius 1 is 1.10 bits per heavy atom. The molecule has 5 heteroatoms. The zero-order valence-corrected chi connectivity index (χ0v) is 14.3. The van der Waals surface area contributed by atoms with Gasteiger partial charge < -0.3 is 9.80 Å². The van der Waals surface area contributed by atoms with E-state index in [1.165, 1.54) is 0 Å². The fourth-order valence-corrected chi connectivity index (χ4v) is 2.51. The van der Waals surface area contributed by atoms with Crippen molar-refractivity contribution in [1.82, 2.24) is 14.9 Å². The summed E-state index contributed by atoms with van der Waals surface area (Å²) in [6.07, 6.45) is 1.56. The summed E-state index contributed by atoms with van der Waals surface area (Å²) >= 11 is 6.28. The quantitative estimate of drug-likeness (QED) is 0.723. The molecule has 0 N–H and O–H groups in total. The Balaban J connectivity index is 3.09. The fourth-order valence-electron chi connectivity index (χ4n) is 2.16. The molecule has 0 aliphatic heterocycles. The lowest BCUT2D eigenvalue weighted by Crippen LogP contribution is -2.35. The van der Waals surface area contributed by atoms with Gasteiger partial charge in [0.05, 0.1) is 0 Å². The molecule has 0 aliphatic carbocycles. The third kappa shape index (κ3) is 4.91. The van der Waals surface area contributed by atoms with Gasteiger partial charge in [0.2, 0.25) is 0 Å². The summed E-state index contributed by atoms with van der Waals surface area (Å²) in [5.74, 6) is 1.87. The summed E-state index contributed by atoms with van der Waals surface area (Å²) in [6.45, 7) is 11.6. The van der Waals surface area contributed by atoms with Gasteiger partial charge in [0.25, 0.3) is 0 Å². The lowest BCUT2D eigenvalue weighted by molar-refractivity contribution is 0.408. The topological polar surface area (TPSA) is 32.3 Å². The average molecular weight is 299 g/mol. The minimum atomic E-state index is 0.313. The first kappa shape index (κ1) is 17.2. The lowest BCUT2D eigenvalue weighted by Gasteiger charge is -2.29. The molecule has 1 heterocycles. The van der Waals surface area contributed by atoms with Crippen LogP contribution in [0.2, 0.25) is 5.15 Å². The van der Waals surface area contributed by atoms with Gasteiger partial charge >= 0.3 is 0 Å². The molecule has 0 saturated heterocycles. The number of hydrogen-bond donors (Lipinski definition) is 0. The summed E-state index contributed by atoms with van der Waals surface area (Å²) in [5, 5.41) is 0.573. The van der Waals surface area contributed by atoms with Crippen LogP contribution in [0.5, 0.6) is 0 Å². The van der Waals surface area contributed by atoms with Gasteiger partial charge in [-0.25, -0.2) is 9.97 Å². The van der Waals surface area contributed by atoms with E-state index in [2.05, 4.69) is 61.6 Å². The fraction of sp³-hybridized carbons (Fsp3) is 0.733. The number of likely N-dealkylation sites (N-methyl/N-ethyl adjacent to an activating group) is 1. The molecular formula is C15H27ClN4. The molecule has 0 aliphatic rings. The third-order valence-corrected chi connectivity index (χ3v) is 3.39. The predicted molar refractivity (Wildman–Crippen MR) is 86.7 cm³/mol. The van der Waals surface area contributed by atoms with Gasteiger partial charge in [0.1, 0.15) is 17.3 Å². The second kappa shape index (κ2) is 7.79. The molecule has 4 nitrogen and oxygen atoms in total. The van der Waals surface area contributed by atoms with E-state index < -0.39 is 0 Å². The highest BCUT2D eigenvalue weighted by molar-refractivity contribution is 6.30. The maximum atomic E-state index is 6.28. The van der Waals surface area contributed by atoms with Crippen molar-refractivity contribution in [2.75, 3.05) is 38.6 Å². The van der Waals surface area contributed by atoms with Gasteiger partial charge in [0, 0.05) is 25.2 Å². The molecule has 1 aromatic heterocycles. The zero-order valence-electron chi connectivity index (χ0n) is 13.5. The van der Waals surface area contributed by atoms with Gasteiger partial charge in [-0.05, 0) is 25.9 Å². The van der Waals surface area contributed by atoms with E-state index in [0.29, 0.717) is 17.0 Å². The molecular weight excluding hydrogens is 272 g/mol. The van der Waals surface area contributed by atoms with Crippen LogP contribution in [0.1, 0.15) is 39.2 Å². The van der Waals surface area contributed by atoms with Crippen LogP contribution in [0.15, 0.2) is 6.33 Å². The molecule has 0 aromatic carbocycles. The van der Waals surface area contributed by atoms with Crippen LogP contribution in [0.3, 0.4) is 0 Å². The normalized spacial score (nSPS) is 11.7. The second-order valence-electron chi connectivity index (χ2n) is 6.20. The van der Waals surface area contributed by atoms with Crippen molar-refractivity contribution in [1.29, 1.82) is 0 Å². The number of nitrogens with zero attached hydrogens (tertiary/aromatic N) is 4. The first-order valence-electron chi connectivity index (χ1n) is 7.23. The molecule has 0 amide bonds. The monoisotopic (exact) mass is 298 g/mol. The summed E-state index contributed by atoms with van der Waals surface area (Å²) in [7, 11) is 4.17. The van der Waals surface area contributed by atoms with Crippen LogP contribution >= 0.6 is 11.6 Å². The van der Waals surface area contributed by atoms with Crippen LogP contribution in [0.4, 0.5) is 5.82 Å². The van der Waals surface area contributed by atoms with E-state index in [4.69, 9.17) is 11.6 Å². The minimum absolute atomic E-state index is 0.313. The van der Waals surface area contributed by atoms with Gasteiger partial charge in [-0.3, -0.25) is 0 Å². The van der Waals surface area contributed by atoms with Crippen LogP contribution in [0, 0.1) is 5.92 Å². The molecule has 1 aromatic rings. The summed E-state index contributed by atoms with van der Waals surface area (Å²) < 4.78 is 0. The van der Waals surface area contributed by atoms with Crippen LogP contribution in [0.25, 0.3) is 0 Å². The zero-order chi connectivity index (χ0) is 15.3. The first-order valence-corrected chi connectivity index (χ1v) is 7.60. The van der Waals surface area contributed by atoms with Crippen molar-refractivity contribution in [2.45, 2.75) is 33.6 Å². The first-order chi connectivity index (χ1) is 9.32. The Bertz CT molecular complexity index is 418. The summed E-state index contributed by atoms with van der Waals surface area (Å²) in [6, 6.07) is 0. The van der Waals surface area contributed by atoms with E-state index in [1.807, 2.05) is 0 Å². The van der Waals surface area contributed by atoms with Crippen molar-refractivity contribution in [3.05, 3.63) is 17.0 Å². The van der Waals surface area contributed by atoms with Gasteiger partial charge in [-0.15, -0.1) is 0 Å². The van der Waals surface area contributed by atoms with Crippen LogP contribution in [-0.4, -0.2) is 48.6 Å². The van der Waals surface area contributed by atoms with Crippen molar-refractivity contribution < 1.29 is 0 Å². The number of anilines is 1. The molecule has 0 spiro atoms. The van der Waals surface area contributed by atoms with E-state index in [0.717, 1.165) is 31.0 Å². The SMILES string of the molecule is CC(C)CN(CCN(C)C)c1ncnc(Cl)c1C(C)C. The van der Waals surface area contributed by atoms with Crippen LogP contribution in [-0.2, 0) is 0 Å². The molecule has 20 heavy (non-hydrogen) atoms. The minimum Gasteiger partial charge on any atom is -0.355 e. The Labute approximate surface area is 128 Å².